The van der Waals surface area contributed by atoms with Gasteiger partial charge in [-0.15, -0.1) is 11.3 Å². The van der Waals surface area contributed by atoms with Crippen molar-refractivity contribution >= 4 is 28.2 Å². The number of carbonyl (C=O) groups is 1. The second-order valence-electron chi connectivity index (χ2n) is 6.41. The number of fused-ring (bicyclic) bond motifs is 1. The average molecular weight is 358 g/mol. The van der Waals surface area contributed by atoms with Gasteiger partial charge >= 0.3 is 0 Å². The molecule has 0 saturated carbocycles. The number of anilines is 2. The molecule has 0 spiro atoms. The van der Waals surface area contributed by atoms with Gasteiger partial charge in [0.25, 0.3) is 5.91 Å². The lowest BCUT2D eigenvalue weighted by Crippen LogP contribution is -2.36. The molecule has 4 rings (SSSR count). The van der Waals surface area contributed by atoms with Crippen LogP contribution in [-0.2, 0) is 17.6 Å². The van der Waals surface area contributed by atoms with Crippen LogP contribution < -0.4 is 10.2 Å². The minimum absolute atomic E-state index is 0.148. The summed E-state index contributed by atoms with van der Waals surface area (Å²) in [6.07, 6.45) is 7.42. The number of morpholine rings is 1. The molecule has 1 amide bonds. The minimum atomic E-state index is -0.148. The van der Waals surface area contributed by atoms with Crippen LogP contribution in [0, 0.1) is 0 Å². The topological polar surface area (TPSA) is 67.4 Å². The Kier molecular flexibility index (Phi) is 4.94. The zero-order valence-electron chi connectivity index (χ0n) is 14.2. The number of nitrogens with one attached hydrogen (secondary N) is 1. The number of hydrogen-bond donors (Lipinski definition) is 1. The van der Waals surface area contributed by atoms with Crippen molar-refractivity contribution in [2.45, 2.75) is 32.1 Å². The van der Waals surface area contributed by atoms with Crippen molar-refractivity contribution in [3.63, 3.8) is 0 Å². The molecule has 0 unspecified atom stereocenters. The van der Waals surface area contributed by atoms with Crippen molar-refractivity contribution in [1.29, 1.82) is 0 Å². The lowest BCUT2D eigenvalue weighted by atomic mass is 10.2. The van der Waals surface area contributed by atoms with Crippen molar-refractivity contribution in [3.8, 4) is 0 Å². The Labute approximate surface area is 151 Å². The molecule has 0 bridgehead atoms. The van der Waals surface area contributed by atoms with Crippen LogP contribution in [0.4, 0.5) is 10.9 Å². The normalized spacial score (nSPS) is 17.7. The number of carbonyl (C=O) groups excluding carboxylic acids is 1. The third-order valence-electron chi connectivity index (χ3n) is 4.66. The SMILES string of the molecule is O=C(Nc1nc2c(s1)CCCCC2)c1ccc(N2CCOCC2)nc1. The van der Waals surface area contributed by atoms with E-state index in [4.69, 9.17) is 4.74 Å². The van der Waals surface area contributed by atoms with Gasteiger partial charge in [0.1, 0.15) is 5.82 Å². The highest BCUT2D eigenvalue weighted by molar-refractivity contribution is 7.15. The Hall–Kier alpha value is -1.99. The highest BCUT2D eigenvalue weighted by Gasteiger charge is 2.17. The van der Waals surface area contributed by atoms with Gasteiger partial charge in [0.2, 0.25) is 0 Å². The van der Waals surface area contributed by atoms with Gasteiger partial charge in [-0.05, 0) is 37.8 Å². The number of hydrogen-bond acceptors (Lipinski definition) is 6. The number of rotatable bonds is 3. The molecule has 6 nitrogen and oxygen atoms in total. The molecular weight excluding hydrogens is 336 g/mol. The van der Waals surface area contributed by atoms with Gasteiger partial charge < -0.3 is 9.64 Å². The maximum Gasteiger partial charge on any atom is 0.259 e. The van der Waals surface area contributed by atoms with E-state index in [2.05, 4.69) is 20.2 Å². The standard InChI is InChI=1S/C18H22N4O2S/c23-17(21-18-20-14-4-2-1-3-5-15(14)25-18)13-6-7-16(19-12-13)22-8-10-24-11-9-22/h6-7,12H,1-5,8-11H2,(H,20,21,23). The molecular formula is C18H22N4O2S. The molecule has 25 heavy (non-hydrogen) atoms. The monoisotopic (exact) mass is 358 g/mol. The molecule has 132 valence electrons. The number of nitrogens with zero attached hydrogens (tertiary/aromatic N) is 3. The molecule has 2 aromatic rings. The molecule has 1 aliphatic heterocycles. The molecule has 2 aromatic heterocycles. The molecule has 1 N–H and O–H groups in total. The average Bonchev–Trinajstić information content (AvgIpc) is 2.90. The quantitative estimate of drug-likeness (QED) is 0.855. The third kappa shape index (κ3) is 3.82. The molecule has 3 heterocycles. The third-order valence-corrected chi connectivity index (χ3v) is 5.73. The summed E-state index contributed by atoms with van der Waals surface area (Å²) in [6, 6.07) is 3.73. The minimum Gasteiger partial charge on any atom is -0.378 e. The number of aromatic nitrogens is 2. The fraction of sp³-hybridized carbons (Fsp3) is 0.500. The number of pyridine rings is 1. The maximum atomic E-state index is 12.5. The van der Waals surface area contributed by atoms with E-state index in [0.717, 1.165) is 45.0 Å². The highest BCUT2D eigenvalue weighted by atomic mass is 32.1. The van der Waals surface area contributed by atoms with E-state index in [-0.39, 0.29) is 5.91 Å². The summed E-state index contributed by atoms with van der Waals surface area (Å²) in [4.78, 5) is 25.0. The van der Waals surface area contributed by atoms with Crippen LogP contribution in [-0.4, -0.2) is 42.2 Å². The molecule has 1 fully saturated rings. The van der Waals surface area contributed by atoms with Gasteiger partial charge in [-0.1, -0.05) is 6.42 Å². The predicted molar refractivity (Wildman–Crippen MR) is 98.6 cm³/mol. The summed E-state index contributed by atoms with van der Waals surface area (Å²) in [5.74, 6) is 0.741. The van der Waals surface area contributed by atoms with Gasteiger partial charge in [0.05, 0.1) is 24.5 Å². The zero-order valence-corrected chi connectivity index (χ0v) is 15.0. The van der Waals surface area contributed by atoms with Crippen molar-refractivity contribution in [3.05, 3.63) is 34.5 Å². The Morgan fingerprint density at radius 3 is 2.80 bits per heavy atom. The van der Waals surface area contributed by atoms with E-state index >= 15 is 0 Å². The number of thiazole rings is 1. The summed E-state index contributed by atoms with van der Waals surface area (Å²) in [5.41, 5.74) is 1.72. The van der Waals surface area contributed by atoms with Crippen LogP contribution in [0.2, 0.25) is 0 Å². The molecule has 7 heteroatoms. The molecule has 0 atom stereocenters. The largest absolute Gasteiger partial charge is 0.378 e. The van der Waals surface area contributed by atoms with Crippen molar-refractivity contribution in [2.75, 3.05) is 36.5 Å². The zero-order chi connectivity index (χ0) is 17.1. The van der Waals surface area contributed by atoms with E-state index < -0.39 is 0 Å². The lowest BCUT2D eigenvalue weighted by Gasteiger charge is -2.27. The van der Waals surface area contributed by atoms with E-state index in [1.54, 1.807) is 17.5 Å². The van der Waals surface area contributed by atoms with Crippen LogP contribution in [0.25, 0.3) is 0 Å². The first-order valence-electron chi connectivity index (χ1n) is 8.88. The van der Waals surface area contributed by atoms with Crippen LogP contribution in [0.1, 0.15) is 40.2 Å². The van der Waals surface area contributed by atoms with Crippen LogP contribution in [0.15, 0.2) is 18.3 Å². The Bertz CT molecular complexity index is 715. The van der Waals surface area contributed by atoms with E-state index in [9.17, 15) is 4.79 Å². The van der Waals surface area contributed by atoms with Crippen LogP contribution in [0.3, 0.4) is 0 Å². The van der Waals surface area contributed by atoms with Crippen molar-refractivity contribution in [1.82, 2.24) is 9.97 Å². The summed E-state index contributed by atoms with van der Waals surface area (Å²) >= 11 is 1.61. The Morgan fingerprint density at radius 1 is 1.16 bits per heavy atom. The summed E-state index contributed by atoms with van der Waals surface area (Å²) < 4.78 is 5.35. The van der Waals surface area contributed by atoms with Crippen molar-refractivity contribution < 1.29 is 9.53 Å². The van der Waals surface area contributed by atoms with Gasteiger partial charge in [-0.25, -0.2) is 9.97 Å². The van der Waals surface area contributed by atoms with Crippen molar-refractivity contribution in [2.24, 2.45) is 0 Å². The smallest absolute Gasteiger partial charge is 0.259 e. The summed E-state index contributed by atoms with van der Waals surface area (Å²) in [7, 11) is 0. The van der Waals surface area contributed by atoms with Gasteiger partial charge in [-0.3, -0.25) is 10.1 Å². The first-order chi connectivity index (χ1) is 12.3. The Morgan fingerprint density at radius 2 is 2.00 bits per heavy atom. The van der Waals surface area contributed by atoms with E-state index in [0.29, 0.717) is 10.7 Å². The lowest BCUT2D eigenvalue weighted by molar-refractivity contribution is 0.102. The number of aryl methyl sites for hydroxylation is 2. The molecule has 1 aliphatic carbocycles. The van der Waals surface area contributed by atoms with Gasteiger partial charge in [-0.2, -0.15) is 0 Å². The summed E-state index contributed by atoms with van der Waals surface area (Å²) in [6.45, 7) is 3.11. The summed E-state index contributed by atoms with van der Waals surface area (Å²) in [5, 5.41) is 3.63. The first-order valence-corrected chi connectivity index (χ1v) is 9.70. The second-order valence-corrected chi connectivity index (χ2v) is 7.49. The highest BCUT2D eigenvalue weighted by Crippen LogP contribution is 2.29. The van der Waals surface area contributed by atoms with E-state index in [1.807, 2.05) is 12.1 Å². The molecule has 1 saturated heterocycles. The Balaban J connectivity index is 1.42. The molecule has 0 aromatic carbocycles. The molecule has 0 radical (unpaired) electrons. The van der Waals surface area contributed by atoms with Crippen LogP contribution >= 0.6 is 11.3 Å². The fourth-order valence-electron chi connectivity index (χ4n) is 3.25. The number of ether oxygens (including phenoxy) is 1. The molecule has 2 aliphatic rings. The maximum absolute atomic E-state index is 12.5. The first kappa shape index (κ1) is 16.5. The van der Waals surface area contributed by atoms with E-state index in [1.165, 1.54) is 29.8 Å². The second kappa shape index (κ2) is 7.49. The van der Waals surface area contributed by atoms with Gasteiger partial charge in [0.15, 0.2) is 5.13 Å². The van der Waals surface area contributed by atoms with Gasteiger partial charge in [0, 0.05) is 24.2 Å². The number of amides is 1. The predicted octanol–water partition coefficient (Wildman–Crippen LogP) is 2.90. The van der Waals surface area contributed by atoms with Crippen LogP contribution in [0.5, 0.6) is 0 Å². The fourth-order valence-corrected chi connectivity index (χ4v) is 4.30.